The van der Waals surface area contributed by atoms with Gasteiger partial charge in [-0.2, -0.15) is 0 Å². The highest BCUT2D eigenvalue weighted by Gasteiger charge is 2.10. The van der Waals surface area contributed by atoms with Gasteiger partial charge < -0.3 is 9.97 Å². The van der Waals surface area contributed by atoms with Gasteiger partial charge >= 0.3 is 0 Å². The molecule has 0 amide bonds. The van der Waals surface area contributed by atoms with E-state index < -0.39 is 0 Å². The van der Waals surface area contributed by atoms with Crippen LogP contribution < -0.4 is 0 Å². The van der Waals surface area contributed by atoms with Crippen molar-refractivity contribution in [3.8, 4) is 45.3 Å². The van der Waals surface area contributed by atoms with Crippen molar-refractivity contribution in [1.29, 1.82) is 0 Å². The molecule has 4 nitrogen and oxygen atoms in total. The largest absolute Gasteiger partial charge is 0.344 e. The van der Waals surface area contributed by atoms with Crippen LogP contribution in [0.4, 0.5) is 0 Å². The Morgan fingerprint density at radius 1 is 0.533 bits per heavy atom. The van der Waals surface area contributed by atoms with Crippen molar-refractivity contribution in [2.24, 2.45) is 0 Å². The average Bonchev–Trinajstić information content (AvgIpc) is 3.45. The molecule has 0 aliphatic rings. The van der Waals surface area contributed by atoms with Crippen molar-refractivity contribution in [1.82, 2.24) is 19.9 Å². The molecule has 30 heavy (non-hydrogen) atoms. The second-order valence-corrected chi connectivity index (χ2v) is 7.58. The van der Waals surface area contributed by atoms with Crippen molar-refractivity contribution in [3.05, 3.63) is 96.3 Å². The standard InChI is InChI=1S/C26H22N4/c1-17-6-10-19(11-7-17)25-27-15-23(29-25)21-4-3-5-22(14-21)24-16-28-26(30-24)20-12-8-18(2)9-13-20/h3-16H,1-2H3,(H,27,29)(H,28,30). The van der Waals surface area contributed by atoms with E-state index in [-0.39, 0.29) is 0 Å². The van der Waals surface area contributed by atoms with E-state index in [0.29, 0.717) is 0 Å². The number of aryl methyl sites for hydroxylation is 2. The number of rotatable bonds is 4. The minimum atomic E-state index is 0.872. The predicted octanol–water partition coefficient (Wildman–Crippen LogP) is 6.42. The van der Waals surface area contributed by atoms with Crippen LogP contribution in [-0.4, -0.2) is 19.9 Å². The van der Waals surface area contributed by atoms with E-state index in [1.165, 1.54) is 11.1 Å². The van der Waals surface area contributed by atoms with E-state index in [2.05, 4.69) is 90.5 Å². The fourth-order valence-electron chi connectivity index (χ4n) is 3.50. The summed E-state index contributed by atoms with van der Waals surface area (Å²) in [6.07, 6.45) is 3.91. The summed E-state index contributed by atoms with van der Waals surface area (Å²) in [6, 6.07) is 25.1. The maximum Gasteiger partial charge on any atom is 0.138 e. The van der Waals surface area contributed by atoms with Crippen molar-refractivity contribution in [3.63, 3.8) is 0 Å². The zero-order valence-electron chi connectivity index (χ0n) is 17.0. The molecule has 0 fully saturated rings. The molecule has 0 aliphatic heterocycles. The molecule has 146 valence electrons. The number of nitrogens with one attached hydrogen (secondary N) is 2. The summed E-state index contributed by atoms with van der Waals surface area (Å²) in [6.45, 7) is 4.17. The van der Waals surface area contributed by atoms with Crippen molar-refractivity contribution < 1.29 is 0 Å². The SMILES string of the molecule is Cc1ccc(-c2nc(-c3cccc(-c4c[nH]c(-c5ccc(C)cc5)n4)c3)c[nH]2)cc1. The maximum atomic E-state index is 4.79. The van der Waals surface area contributed by atoms with Gasteiger partial charge in [-0.1, -0.05) is 77.9 Å². The number of nitrogens with zero attached hydrogens (tertiary/aromatic N) is 2. The van der Waals surface area contributed by atoms with E-state index in [0.717, 1.165) is 45.3 Å². The Morgan fingerprint density at radius 2 is 0.967 bits per heavy atom. The Morgan fingerprint density at radius 3 is 1.40 bits per heavy atom. The summed E-state index contributed by atoms with van der Waals surface area (Å²) >= 11 is 0. The Balaban J connectivity index is 1.44. The van der Waals surface area contributed by atoms with Crippen molar-refractivity contribution >= 4 is 0 Å². The number of hydrogen-bond donors (Lipinski definition) is 2. The average molecular weight is 390 g/mol. The Hall–Kier alpha value is -3.92. The molecule has 0 spiro atoms. The number of aromatic nitrogens is 4. The summed E-state index contributed by atoms with van der Waals surface area (Å²) in [5.74, 6) is 1.74. The summed E-state index contributed by atoms with van der Waals surface area (Å²) in [5.41, 5.74) is 8.59. The highest BCUT2D eigenvalue weighted by molar-refractivity contribution is 5.72. The van der Waals surface area contributed by atoms with Crippen LogP contribution >= 0.6 is 0 Å². The minimum absolute atomic E-state index is 0.872. The van der Waals surface area contributed by atoms with Crippen LogP contribution in [0.5, 0.6) is 0 Å². The molecule has 5 rings (SSSR count). The predicted molar refractivity (Wildman–Crippen MR) is 122 cm³/mol. The van der Waals surface area contributed by atoms with Crippen LogP contribution in [0.15, 0.2) is 85.2 Å². The quantitative estimate of drug-likeness (QED) is 0.372. The number of benzene rings is 3. The molecule has 3 aromatic carbocycles. The molecule has 4 heteroatoms. The van der Waals surface area contributed by atoms with Gasteiger partial charge in [0.1, 0.15) is 11.6 Å². The number of imidazole rings is 2. The number of hydrogen-bond acceptors (Lipinski definition) is 2. The first-order valence-corrected chi connectivity index (χ1v) is 10.0. The molecule has 0 unspecified atom stereocenters. The minimum Gasteiger partial charge on any atom is -0.344 e. The van der Waals surface area contributed by atoms with Gasteiger partial charge in [0.25, 0.3) is 0 Å². The molecule has 0 atom stereocenters. The van der Waals surface area contributed by atoms with Crippen molar-refractivity contribution in [2.75, 3.05) is 0 Å². The lowest BCUT2D eigenvalue weighted by Crippen LogP contribution is -1.84. The third kappa shape index (κ3) is 3.55. The zero-order valence-corrected chi connectivity index (χ0v) is 17.0. The fourth-order valence-corrected chi connectivity index (χ4v) is 3.50. The molecular weight excluding hydrogens is 368 g/mol. The van der Waals surface area contributed by atoms with E-state index >= 15 is 0 Å². The molecule has 2 aromatic heterocycles. The van der Waals surface area contributed by atoms with Gasteiger partial charge in [0, 0.05) is 34.6 Å². The van der Waals surface area contributed by atoms with E-state index in [9.17, 15) is 0 Å². The molecule has 0 aliphatic carbocycles. The van der Waals surface area contributed by atoms with Gasteiger partial charge in [-0.3, -0.25) is 0 Å². The highest BCUT2D eigenvalue weighted by Crippen LogP contribution is 2.28. The molecule has 2 N–H and O–H groups in total. The van der Waals surface area contributed by atoms with Gasteiger partial charge in [-0.15, -0.1) is 0 Å². The van der Waals surface area contributed by atoms with Crippen LogP contribution in [0.2, 0.25) is 0 Å². The molecule has 0 saturated heterocycles. The van der Waals surface area contributed by atoms with Crippen LogP contribution in [0.25, 0.3) is 45.3 Å². The zero-order chi connectivity index (χ0) is 20.5. The first kappa shape index (κ1) is 18.1. The lowest BCUT2D eigenvalue weighted by molar-refractivity contribution is 1.30. The molecule has 2 heterocycles. The normalized spacial score (nSPS) is 11.0. The molecular formula is C26H22N4. The van der Waals surface area contributed by atoms with Gasteiger partial charge in [0.2, 0.25) is 0 Å². The first-order chi connectivity index (χ1) is 14.7. The summed E-state index contributed by atoms with van der Waals surface area (Å²) in [7, 11) is 0. The van der Waals surface area contributed by atoms with Gasteiger partial charge in [0.15, 0.2) is 0 Å². The van der Waals surface area contributed by atoms with Crippen LogP contribution in [0.1, 0.15) is 11.1 Å². The van der Waals surface area contributed by atoms with E-state index in [1.54, 1.807) is 0 Å². The van der Waals surface area contributed by atoms with E-state index in [4.69, 9.17) is 9.97 Å². The Kier molecular flexibility index (Phi) is 4.52. The van der Waals surface area contributed by atoms with Crippen LogP contribution in [0, 0.1) is 13.8 Å². The summed E-state index contributed by atoms with van der Waals surface area (Å²) in [5, 5.41) is 0. The highest BCUT2D eigenvalue weighted by atomic mass is 14.9. The molecule has 0 radical (unpaired) electrons. The Labute approximate surface area is 175 Å². The third-order valence-corrected chi connectivity index (χ3v) is 5.26. The lowest BCUT2D eigenvalue weighted by Gasteiger charge is -2.01. The van der Waals surface area contributed by atoms with Gasteiger partial charge in [0.05, 0.1) is 11.4 Å². The van der Waals surface area contributed by atoms with Gasteiger partial charge in [-0.05, 0) is 19.9 Å². The first-order valence-electron chi connectivity index (χ1n) is 10.0. The van der Waals surface area contributed by atoms with E-state index in [1.807, 2.05) is 18.5 Å². The van der Waals surface area contributed by atoms with Crippen molar-refractivity contribution in [2.45, 2.75) is 13.8 Å². The topological polar surface area (TPSA) is 57.4 Å². The smallest absolute Gasteiger partial charge is 0.138 e. The summed E-state index contributed by atoms with van der Waals surface area (Å²) in [4.78, 5) is 16.2. The second-order valence-electron chi connectivity index (χ2n) is 7.58. The number of H-pyrrole nitrogens is 2. The van der Waals surface area contributed by atoms with Crippen LogP contribution in [-0.2, 0) is 0 Å². The monoisotopic (exact) mass is 390 g/mol. The lowest BCUT2D eigenvalue weighted by atomic mass is 10.1. The van der Waals surface area contributed by atoms with Crippen LogP contribution in [0.3, 0.4) is 0 Å². The molecule has 0 saturated carbocycles. The Bertz CT molecular complexity index is 1190. The number of aromatic amines is 2. The third-order valence-electron chi connectivity index (χ3n) is 5.26. The maximum absolute atomic E-state index is 4.79. The summed E-state index contributed by atoms with van der Waals surface area (Å²) < 4.78 is 0. The molecule has 0 bridgehead atoms. The second kappa shape index (κ2) is 7.48. The van der Waals surface area contributed by atoms with Gasteiger partial charge in [-0.25, -0.2) is 9.97 Å². The fraction of sp³-hybridized carbons (Fsp3) is 0.0769. The molecule has 5 aromatic rings.